The van der Waals surface area contributed by atoms with Gasteiger partial charge in [-0.15, -0.1) is 11.3 Å². The lowest BCUT2D eigenvalue weighted by molar-refractivity contribution is -0.141. The molecule has 4 rings (SSSR count). The number of methoxy groups -OCH3 is 2. The fourth-order valence-corrected chi connectivity index (χ4v) is 5.72. The number of hydrogen-bond donors (Lipinski definition) is 3. The quantitative estimate of drug-likeness (QED) is 0.329. The van der Waals surface area contributed by atoms with Gasteiger partial charge in [0.1, 0.15) is 5.84 Å². The molecule has 0 radical (unpaired) electrons. The number of hydrogen-bond acceptors (Lipinski definition) is 7. The molecule has 2 atom stereocenters. The van der Waals surface area contributed by atoms with Crippen molar-refractivity contribution < 1.29 is 24.1 Å². The van der Waals surface area contributed by atoms with Crippen molar-refractivity contribution in [2.75, 3.05) is 45.4 Å². The van der Waals surface area contributed by atoms with Gasteiger partial charge in [0, 0.05) is 45.9 Å². The molecule has 1 aliphatic rings. The van der Waals surface area contributed by atoms with Crippen LogP contribution < -0.4 is 20.1 Å². The predicted molar refractivity (Wildman–Crippen MR) is 134 cm³/mol. The molecule has 0 bridgehead atoms. The van der Waals surface area contributed by atoms with Crippen molar-refractivity contribution >= 4 is 38.9 Å². The largest absolute Gasteiger partial charge is 0.493 e. The Kier molecular flexibility index (Phi) is 6.95. The monoisotopic (exact) mass is 483 g/mol. The summed E-state index contributed by atoms with van der Waals surface area (Å²) in [5.74, 6) is -0.984. The number of anilines is 1. The molecule has 4 N–H and O–H groups in total. The standard InChI is InChI=1S/C25H29N3O5S/c1-14(25(29)30)23(22-11-15-10-19(31-2)20(32-3)13-21(15)34-22)17-5-4-16(12-18(17)24(26)27)28-6-8-33-9-7-28/h4-5,10-14,23H,6-9H2,1-3H3,(H3,26,27)(H,29,30). The molecular formula is C25H29N3O5S. The van der Waals surface area contributed by atoms with E-state index in [1.165, 1.54) is 11.3 Å². The third-order valence-electron chi connectivity index (χ3n) is 6.28. The Morgan fingerprint density at radius 2 is 1.82 bits per heavy atom. The third-order valence-corrected chi connectivity index (χ3v) is 7.46. The summed E-state index contributed by atoms with van der Waals surface area (Å²) in [6, 6.07) is 11.6. The van der Waals surface area contributed by atoms with Crippen LogP contribution in [0.1, 0.15) is 28.8 Å². The molecule has 9 heteroatoms. The van der Waals surface area contributed by atoms with Gasteiger partial charge in [-0.05, 0) is 35.2 Å². The van der Waals surface area contributed by atoms with E-state index in [0.717, 1.165) is 39.3 Å². The zero-order valence-corrected chi connectivity index (χ0v) is 20.3. The van der Waals surface area contributed by atoms with Crippen molar-refractivity contribution in [2.45, 2.75) is 12.8 Å². The van der Waals surface area contributed by atoms with E-state index in [-0.39, 0.29) is 5.84 Å². The minimum atomic E-state index is -0.913. The molecule has 34 heavy (non-hydrogen) atoms. The number of rotatable bonds is 8. The highest BCUT2D eigenvalue weighted by molar-refractivity contribution is 7.19. The van der Waals surface area contributed by atoms with Crippen molar-refractivity contribution in [3.05, 3.63) is 52.4 Å². The molecule has 2 unspecified atom stereocenters. The molecule has 1 aromatic heterocycles. The fourth-order valence-electron chi connectivity index (χ4n) is 4.42. The maximum Gasteiger partial charge on any atom is 0.307 e. The number of ether oxygens (including phenoxy) is 3. The van der Waals surface area contributed by atoms with Crippen LogP contribution in [0.3, 0.4) is 0 Å². The van der Waals surface area contributed by atoms with Gasteiger partial charge in [-0.2, -0.15) is 0 Å². The lowest BCUT2D eigenvalue weighted by Crippen LogP contribution is -2.36. The maximum absolute atomic E-state index is 12.2. The van der Waals surface area contributed by atoms with Gasteiger partial charge in [0.15, 0.2) is 11.5 Å². The third kappa shape index (κ3) is 4.53. The Balaban J connectivity index is 1.84. The molecule has 1 aliphatic heterocycles. The average molecular weight is 484 g/mol. The first-order valence-electron chi connectivity index (χ1n) is 11.0. The van der Waals surface area contributed by atoms with Crippen molar-refractivity contribution in [3.63, 3.8) is 0 Å². The van der Waals surface area contributed by atoms with E-state index in [9.17, 15) is 9.90 Å². The van der Waals surface area contributed by atoms with E-state index in [4.69, 9.17) is 25.4 Å². The molecule has 2 aromatic carbocycles. The molecule has 8 nitrogen and oxygen atoms in total. The zero-order valence-electron chi connectivity index (χ0n) is 19.5. The number of nitrogens with one attached hydrogen (secondary N) is 1. The van der Waals surface area contributed by atoms with Gasteiger partial charge in [-0.3, -0.25) is 10.2 Å². The van der Waals surface area contributed by atoms with Crippen molar-refractivity contribution in [1.29, 1.82) is 5.41 Å². The molecule has 180 valence electrons. The lowest BCUT2D eigenvalue weighted by atomic mass is 9.82. The van der Waals surface area contributed by atoms with Crippen molar-refractivity contribution in [2.24, 2.45) is 11.7 Å². The number of carboxylic acid groups (broad SMARTS) is 1. The lowest BCUT2D eigenvalue weighted by Gasteiger charge is -2.30. The van der Waals surface area contributed by atoms with E-state index in [1.54, 1.807) is 21.1 Å². The van der Waals surface area contributed by atoms with Crippen LogP contribution in [0.2, 0.25) is 0 Å². The SMILES string of the molecule is COc1cc2cc(C(c3ccc(N4CCOCC4)cc3C(=N)N)C(C)C(=O)O)sc2cc1OC. The van der Waals surface area contributed by atoms with E-state index in [0.29, 0.717) is 30.3 Å². The van der Waals surface area contributed by atoms with Crippen LogP contribution in [0.15, 0.2) is 36.4 Å². The van der Waals surface area contributed by atoms with E-state index in [2.05, 4.69) is 4.90 Å². The number of amidine groups is 1. The average Bonchev–Trinajstić information content (AvgIpc) is 3.25. The molecule has 0 amide bonds. The van der Waals surface area contributed by atoms with Gasteiger partial charge < -0.3 is 30.0 Å². The molecule has 2 heterocycles. The summed E-state index contributed by atoms with van der Waals surface area (Å²) in [5, 5.41) is 19.2. The number of fused-ring (bicyclic) bond motifs is 1. The second-order valence-electron chi connectivity index (χ2n) is 8.28. The molecule has 0 spiro atoms. The van der Waals surface area contributed by atoms with Crippen LogP contribution in [0.25, 0.3) is 10.1 Å². The maximum atomic E-state index is 12.2. The summed E-state index contributed by atoms with van der Waals surface area (Å²) < 4.78 is 17.3. The van der Waals surface area contributed by atoms with Crippen LogP contribution >= 0.6 is 11.3 Å². The topological polar surface area (TPSA) is 118 Å². The van der Waals surface area contributed by atoms with Crippen LogP contribution in [-0.2, 0) is 9.53 Å². The summed E-state index contributed by atoms with van der Waals surface area (Å²) in [5.41, 5.74) is 8.25. The number of carbonyl (C=O) groups is 1. The summed E-state index contributed by atoms with van der Waals surface area (Å²) in [7, 11) is 3.17. The number of nitrogens with two attached hydrogens (primary N) is 1. The van der Waals surface area contributed by atoms with E-state index >= 15 is 0 Å². The number of aliphatic carboxylic acids is 1. The van der Waals surface area contributed by atoms with Gasteiger partial charge >= 0.3 is 5.97 Å². The summed E-state index contributed by atoms with van der Waals surface area (Å²) in [6.07, 6.45) is 0. The van der Waals surface area contributed by atoms with Crippen LogP contribution in [0.4, 0.5) is 5.69 Å². The smallest absolute Gasteiger partial charge is 0.307 e. The van der Waals surface area contributed by atoms with Gasteiger partial charge in [-0.1, -0.05) is 13.0 Å². The first-order chi connectivity index (χ1) is 16.3. The summed E-state index contributed by atoms with van der Waals surface area (Å²) >= 11 is 1.51. The second-order valence-corrected chi connectivity index (χ2v) is 9.40. The first-order valence-corrected chi connectivity index (χ1v) is 11.8. The Morgan fingerprint density at radius 1 is 1.15 bits per heavy atom. The number of benzene rings is 2. The molecule has 0 saturated carbocycles. The number of carboxylic acids is 1. The zero-order chi connectivity index (χ0) is 24.4. The number of thiophene rings is 1. The number of morpholine rings is 1. The molecular weight excluding hydrogens is 454 g/mol. The van der Waals surface area contributed by atoms with Gasteiger partial charge in [0.2, 0.25) is 0 Å². The molecule has 1 fully saturated rings. The van der Waals surface area contributed by atoms with Crippen molar-refractivity contribution in [1.82, 2.24) is 0 Å². The Labute approximate surface area is 202 Å². The van der Waals surface area contributed by atoms with E-state index in [1.807, 2.05) is 36.4 Å². The highest BCUT2D eigenvalue weighted by Gasteiger charge is 2.31. The Bertz CT molecular complexity index is 1180. The summed E-state index contributed by atoms with van der Waals surface area (Å²) in [4.78, 5) is 15.2. The highest BCUT2D eigenvalue weighted by atomic mass is 32.1. The normalized spacial score (nSPS) is 15.7. The van der Waals surface area contributed by atoms with Crippen LogP contribution in [-0.4, -0.2) is 57.4 Å². The summed E-state index contributed by atoms with van der Waals surface area (Å²) in [6.45, 7) is 4.49. The van der Waals surface area contributed by atoms with Crippen LogP contribution in [0, 0.1) is 11.3 Å². The molecule has 1 saturated heterocycles. The molecule has 3 aromatic rings. The number of nitrogens with zero attached hydrogens (tertiary/aromatic N) is 1. The Morgan fingerprint density at radius 3 is 2.44 bits per heavy atom. The molecule has 0 aliphatic carbocycles. The van der Waals surface area contributed by atoms with Crippen LogP contribution in [0.5, 0.6) is 11.5 Å². The predicted octanol–water partition coefficient (Wildman–Crippen LogP) is 3.89. The minimum Gasteiger partial charge on any atom is -0.493 e. The number of nitrogen functional groups attached to an aromatic ring is 1. The van der Waals surface area contributed by atoms with Crippen molar-refractivity contribution in [3.8, 4) is 11.5 Å². The fraction of sp³-hybridized carbons (Fsp3) is 0.360. The Hall–Kier alpha value is -3.30. The van der Waals surface area contributed by atoms with Gasteiger partial charge in [0.25, 0.3) is 0 Å². The first kappa shape index (κ1) is 23.8. The minimum absolute atomic E-state index is 0.0860. The second kappa shape index (κ2) is 9.90. The van der Waals surface area contributed by atoms with Gasteiger partial charge in [-0.25, -0.2) is 0 Å². The van der Waals surface area contributed by atoms with E-state index < -0.39 is 17.8 Å². The highest BCUT2D eigenvalue weighted by Crippen LogP contribution is 2.43. The van der Waals surface area contributed by atoms with Gasteiger partial charge in [0.05, 0.1) is 33.4 Å².